The molecule has 0 radical (unpaired) electrons. The molecule has 0 saturated carbocycles. The molecule has 0 amide bonds. The molecule has 0 aromatic heterocycles. The van der Waals surface area contributed by atoms with Crippen molar-refractivity contribution in [3.05, 3.63) is 0 Å². The number of nitrogens with zero attached hydrogens (tertiary/aromatic N) is 1. The van der Waals surface area contributed by atoms with E-state index in [-0.39, 0.29) is 6.10 Å². The molecule has 1 unspecified atom stereocenters. The average Bonchev–Trinajstić information content (AvgIpc) is 1.63. The lowest BCUT2D eigenvalue weighted by Crippen LogP contribution is -2.40. The fourth-order valence-electron chi connectivity index (χ4n) is 0.596. The molecule has 0 aromatic rings. The topological polar surface area (TPSA) is 75.5 Å². The molecule has 0 aromatic carbocycles. The number of aliphatic hydroxyl groups excluding tert-OH is 1. The molecular formula is C5H15N3O. The van der Waals surface area contributed by atoms with E-state index in [1.54, 1.807) is 6.92 Å². The third-order valence-electron chi connectivity index (χ3n) is 0.915. The fraction of sp³-hybridized carbons (Fsp3) is 1.00. The van der Waals surface area contributed by atoms with Crippen LogP contribution in [0.25, 0.3) is 0 Å². The Labute approximate surface area is 55.4 Å². The van der Waals surface area contributed by atoms with Crippen molar-refractivity contribution in [2.75, 3.05) is 19.6 Å². The van der Waals surface area contributed by atoms with Crippen LogP contribution in [0.3, 0.4) is 0 Å². The quantitative estimate of drug-likeness (QED) is 0.322. The summed E-state index contributed by atoms with van der Waals surface area (Å²) in [5.74, 6) is 5.38. The molecule has 0 spiro atoms. The van der Waals surface area contributed by atoms with Gasteiger partial charge in [0.15, 0.2) is 0 Å². The zero-order valence-electron chi connectivity index (χ0n) is 5.75. The van der Waals surface area contributed by atoms with Crippen LogP contribution in [0.2, 0.25) is 0 Å². The van der Waals surface area contributed by atoms with E-state index in [9.17, 15) is 0 Å². The largest absolute Gasteiger partial charge is 0.392 e. The summed E-state index contributed by atoms with van der Waals surface area (Å²) in [7, 11) is 0. The summed E-state index contributed by atoms with van der Waals surface area (Å²) >= 11 is 0. The molecule has 4 nitrogen and oxygen atoms in total. The van der Waals surface area contributed by atoms with Gasteiger partial charge in [0.2, 0.25) is 0 Å². The van der Waals surface area contributed by atoms with E-state index in [1.807, 2.05) is 0 Å². The first kappa shape index (κ1) is 8.84. The van der Waals surface area contributed by atoms with Crippen LogP contribution in [0.5, 0.6) is 0 Å². The van der Waals surface area contributed by atoms with Crippen LogP contribution in [-0.4, -0.2) is 35.9 Å². The molecule has 0 aliphatic heterocycles. The van der Waals surface area contributed by atoms with Crippen molar-refractivity contribution in [3.63, 3.8) is 0 Å². The summed E-state index contributed by atoms with van der Waals surface area (Å²) in [6, 6.07) is 0. The Bertz CT molecular complexity index is 67.2. The summed E-state index contributed by atoms with van der Waals surface area (Å²) in [6.45, 7) is 3.34. The molecule has 0 bridgehead atoms. The van der Waals surface area contributed by atoms with Crippen LogP contribution in [0.4, 0.5) is 0 Å². The highest BCUT2D eigenvalue weighted by Gasteiger charge is 2.00. The highest BCUT2D eigenvalue weighted by molar-refractivity contribution is 4.53. The maximum absolute atomic E-state index is 8.79. The van der Waals surface area contributed by atoms with Gasteiger partial charge < -0.3 is 10.8 Å². The lowest BCUT2D eigenvalue weighted by Gasteiger charge is -2.15. The third-order valence-corrected chi connectivity index (χ3v) is 0.915. The number of hydrogen-bond acceptors (Lipinski definition) is 4. The Balaban J connectivity index is 3.15. The molecule has 9 heavy (non-hydrogen) atoms. The van der Waals surface area contributed by atoms with Crippen molar-refractivity contribution >= 4 is 0 Å². The second-order valence-corrected chi connectivity index (χ2v) is 2.13. The fourth-order valence-corrected chi connectivity index (χ4v) is 0.596. The zero-order chi connectivity index (χ0) is 7.28. The Kier molecular flexibility index (Phi) is 4.61. The number of rotatable bonds is 4. The normalized spacial score (nSPS) is 14.3. The Hall–Kier alpha value is -0.160. The van der Waals surface area contributed by atoms with Gasteiger partial charge in [-0.1, -0.05) is 0 Å². The van der Waals surface area contributed by atoms with Crippen LogP contribution >= 0.6 is 0 Å². The second-order valence-electron chi connectivity index (χ2n) is 2.13. The molecular weight excluding hydrogens is 118 g/mol. The summed E-state index contributed by atoms with van der Waals surface area (Å²) in [6.07, 6.45) is -0.374. The van der Waals surface area contributed by atoms with Gasteiger partial charge in [0.1, 0.15) is 0 Å². The van der Waals surface area contributed by atoms with Crippen molar-refractivity contribution < 1.29 is 5.11 Å². The first-order chi connectivity index (χ1) is 4.16. The standard InChI is InChI=1S/C5H15N3O/c1-5(9)4-8(7)3-2-6/h5,9H,2-4,6-7H2,1H3. The van der Waals surface area contributed by atoms with Crippen LogP contribution in [0.15, 0.2) is 0 Å². The number of hydrazine groups is 1. The van der Waals surface area contributed by atoms with Gasteiger partial charge in [0.05, 0.1) is 6.10 Å². The molecule has 0 aliphatic carbocycles. The van der Waals surface area contributed by atoms with Crippen molar-refractivity contribution in [1.82, 2.24) is 5.01 Å². The minimum Gasteiger partial charge on any atom is -0.392 e. The van der Waals surface area contributed by atoms with E-state index in [0.717, 1.165) is 0 Å². The molecule has 4 heteroatoms. The van der Waals surface area contributed by atoms with E-state index in [4.69, 9.17) is 16.7 Å². The predicted octanol–water partition coefficient (Wildman–Crippen LogP) is -1.50. The second kappa shape index (κ2) is 4.69. The monoisotopic (exact) mass is 133 g/mol. The van der Waals surface area contributed by atoms with Crippen LogP contribution in [0.1, 0.15) is 6.92 Å². The molecule has 0 rings (SSSR count). The lowest BCUT2D eigenvalue weighted by molar-refractivity contribution is 0.129. The minimum atomic E-state index is -0.374. The average molecular weight is 133 g/mol. The van der Waals surface area contributed by atoms with E-state index < -0.39 is 0 Å². The van der Waals surface area contributed by atoms with Gasteiger partial charge in [-0.05, 0) is 6.92 Å². The van der Waals surface area contributed by atoms with Crippen molar-refractivity contribution in [2.45, 2.75) is 13.0 Å². The van der Waals surface area contributed by atoms with E-state index in [0.29, 0.717) is 19.6 Å². The van der Waals surface area contributed by atoms with Crippen LogP contribution < -0.4 is 11.6 Å². The summed E-state index contributed by atoms with van der Waals surface area (Å²) in [5, 5.41) is 10.3. The molecule has 56 valence electrons. The Morgan fingerprint density at radius 3 is 2.56 bits per heavy atom. The van der Waals surface area contributed by atoms with Crippen molar-refractivity contribution in [3.8, 4) is 0 Å². The SMILES string of the molecule is CC(O)CN(N)CCN. The maximum atomic E-state index is 8.79. The Morgan fingerprint density at radius 2 is 2.22 bits per heavy atom. The van der Waals surface area contributed by atoms with Crippen molar-refractivity contribution in [2.24, 2.45) is 11.6 Å². The zero-order valence-corrected chi connectivity index (χ0v) is 5.75. The Morgan fingerprint density at radius 1 is 1.67 bits per heavy atom. The molecule has 0 heterocycles. The van der Waals surface area contributed by atoms with E-state index in [2.05, 4.69) is 0 Å². The molecule has 0 saturated heterocycles. The lowest BCUT2D eigenvalue weighted by atomic mass is 10.4. The van der Waals surface area contributed by atoms with Gasteiger partial charge >= 0.3 is 0 Å². The maximum Gasteiger partial charge on any atom is 0.0653 e. The summed E-state index contributed by atoms with van der Waals surface area (Å²) < 4.78 is 0. The predicted molar refractivity (Wildman–Crippen MR) is 36.5 cm³/mol. The van der Waals surface area contributed by atoms with Crippen LogP contribution in [0, 0.1) is 0 Å². The van der Waals surface area contributed by atoms with Gasteiger partial charge in [-0.15, -0.1) is 0 Å². The highest BCUT2D eigenvalue weighted by atomic mass is 16.3. The van der Waals surface area contributed by atoms with Crippen molar-refractivity contribution in [1.29, 1.82) is 0 Å². The van der Waals surface area contributed by atoms with E-state index >= 15 is 0 Å². The molecule has 5 N–H and O–H groups in total. The van der Waals surface area contributed by atoms with Gasteiger partial charge in [-0.2, -0.15) is 0 Å². The first-order valence-corrected chi connectivity index (χ1v) is 3.04. The number of aliphatic hydroxyl groups is 1. The first-order valence-electron chi connectivity index (χ1n) is 3.04. The molecule has 0 fully saturated rings. The van der Waals surface area contributed by atoms with Gasteiger partial charge in [0.25, 0.3) is 0 Å². The smallest absolute Gasteiger partial charge is 0.0653 e. The molecule has 1 atom stereocenters. The number of nitrogens with two attached hydrogens (primary N) is 2. The number of hydrogen-bond donors (Lipinski definition) is 3. The summed E-state index contributed by atoms with van der Waals surface area (Å²) in [4.78, 5) is 0. The van der Waals surface area contributed by atoms with E-state index in [1.165, 1.54) is 5.01 Å². The third kappa shape index (κ3) is 5.72. The van der Waals surface area contributed by atoms with Gasteiger partial charge in [-0.3, -0.25) is 5.84 Å². The highest BCUT2D eigenvalue weighted by Crippen LogP contribution is 1.81. The molecule has 0 aliphatic rings. The minimum absolute atomic E-state index is 0.374. The summed E-state index contributed by atoms with van der Waals surface area (Å²) in [5.41, 5.74) is 5.20. The van der Waals surface area contributed by atoms with Crippen LogP contribution in [-0.2, 0) is 0 Å². The van der Waals surface area contributed by atoms with Gasteiger partial charge in [0, 0.05) is 19.6 Å². The van der Waals surface area contributed by atoms with Gasteiger partial charge in [-0.25, -0.2) is 5.01 Å².